The molecule has 92 valence electrons. The van der Waals surface area contributed by atoms with Crippen LogP contribution in [0, 0.1) is 10.1 Å². The quantitative estimate of drug-likeness (QED) is 0.312. The van der Waals surface area contributed by atoms with Gasteiger partial charge in [0.15, 0.2) is 0 Å². The second-order valence-electron chi connectivity index (χ2n) is 3.38. The smallest absolute Gasteiger partial charge is 0.354 e. The van der Waals surface area contributed by atoms with E-state index < -0.39 is 22.7 Å². The lowest BCUT2D eigenvalue weighted by molar-refractivity contribution is -0.384. The van der Waals surface area contributed by atoms with Crippen molar-refractivity contribution in [3.63, 3.8) is 0 Å². The summed E-state index contributed by atoms with van der Waals surface area (Å²) in [6.07, 6.45) is -1.89. The number of nitro groups is 1. The molecule has 1 aromatic rings. The molecule has 0 radical (unpaired) electrons. The zero-order valence-corrected chi connectivity index (χ0v) is 8.48. The summed E-state index contributed by atoms with van der Waals surface area (Å²) >= 11 is 0. The minimum atomic E-state index is -2.85. The number of hydrogen-bond acceptors (Lipinski definition) is 6. The highest BCUT2D eigenvalue weighted by Gasteiger charge is 2.40. The Bertz CT molecular complexity index is 441. The van der Waals surface area contributed by atoms with Crippen LogP contribution in [0.4, 0.5) is 5.69 Å². The first-order chi connectivity index (χ1) is 7.76. The lowest BCUT2D eigenvalue weighted by Gasteiger charge is -2.24. The van der Waals surface area contributed by atoms with Gasteiger partial charge in [-0.05, 0) is 17.7 Å². The van der Waals surface area contributed by atoms with Crippen LogP contribution >= 0.6 is 0 Å². The highest BCUT2D eigenvalue weighted by molar-refractivity contribution is 5.77. The molecule has 17 heavy (non-hydrogen) atoms. The van der Waals surface area contributed by atoms with Crippen LogP contribution < -0.4 is 5.73 Å². The van der Waals surface area contributed by atoms with Gasteiger partial charge in [0.1, 0.15) is 6.10 Å². The molecule has 0 aliphatic rings. The molecule has 0 saturated carbocycles. The SMILES string of the molecule is N[C@@](O)(C(=O)O)[C@H](O)c1ccc([N+](=O)[O-])cc1. The fraction of sp³-hybridized carbons (Fsp3) is 0.222. The van der Waals surface area contributed by atoms with Gasteiger partial charge in [-0.3, -0.25) is 15.8 Å². The third-order valence-electron chi connectivity index (χ3n) is 2.18. The molecule has 0 heterocycles. The molecule has 0 fully saturated rings. The van der Waals surface area contributed by atoms with Crippen molar-refractivity contribution in [3.8, 4) is 0 Å². The predicted molar refractivity (Wildman–Crippen MR) is 54.8 cm³/mol. The number of aliphatic carboxylic acids is 1. The molecule has 0 aliphatic carbocycles. The maximum atomic E-state index is 10.6. The molecule has 0 amide bonds. The Hall–Kier alpha value is -2.03. The van der Waals surface area contributed by atoms with E-state index in [1.54, 1.807) is 0 Å². The first kappa shape index (κ1) is 13.0. The average molecular weight is 242 g/mol. The molecule has 0 aliphatic heterocycles. The van der Waals surface area contributed by atoms with Gasteiger partial charge in [-0.25, -0.2) is 4.79 Å². The van der Waals surface area contributed by atoms with Crippen molar-refractivity contribution in [1.29, 1.82) is 0 Å². The lowest BCUT2D eigenvalue weighted by atomic mass is 9.99. The minimum absolute atomic E-state index is 0.0389. The Morgan fingerprint density at radius 2 is 1.88 bits per heavy atom. The van der Waals surface area contributed by atoms with Crippen LogP contribution in [0.15, 0.2) is 24.3 Å². The molecule has 0 bridgehead atoms. The molecule has 0 aromatic heterocycles. The number of nitrogens with two attached hydrogens (primary N) is 1. The fourth-order valence-electron chi connectivity index (χ4n) is 1.15. The predicted octanol–water partition coefficient (Wildman–Crippen LogP) is -0.640. The van der Waals surface area contributed by atoms with E-state index in [2.05, 4.69) is 0 Å². The van der Waals surface area contributed by atoms with Crippen LogP contribution in [-0.4, -0.2) is 31.9 Å². The Kier molecular flexibility index (Phi) is 3.42. The third kappa shape index (κ3) is 2.56. The number of aliphatic hydroxyl groups excluding tert-OH is 1. The van der Waals surface area contributed by atoms with Crippen molar-refractivity contribution in [2.75, 3.05) is 0 Å². The van der Waals surface area contributed by atoms with Gasteiger partial charge in [0.25, 0.3) is 5.69 Å². The standard InChI is InChI=1S/C9H10N2O6/c10-9(15,8(13)14)7(12)5-1-3-6(4-2-5)11(16)17/h1-4,7,12,15H,10H2,(H,13,14)/t7-,9+/m1/s1. The van der Waals surface area contributed by atoms with Gasteiger partial charge in [-0.2, -0.15) is 0 Å². The van der Waals surface area contributed by atoms with Crippen molar-refractivity contribution in [1.82, 2.24) is 0 Å². The first-order valence-electron chi connectivity index (χ1n) is 4.44. The average Bonchev–Trinajstić information content (AvgIpc) is 2.27. The number of nitrogens with zero attached hydrogens (tertiary/aromatic N) is 1. The molecule has 0 spiro atoms. The molecule has 0 unspecified atom stereocenters. The summed E-state index contributed by atoms with van der Waals surface area (Å²) in [5.41, 5.74) is 1.89. The largest absolute Gasteiger partial charge is 0.478 e. The molecule has 2 atom stereocenters. The number of rotatable bonds is 4. The summed E-state index contributed by atoms with van der Waals surface area (Å²) < 4.78 is 0. The number of non-ortho nitro benzene ring substituents is 1. The monoisotopic (exact) mass is 242 g/mol. The summed E-state index contributed by atoms with van der Waals surface area (Å²) in [4.78, 5) is 20.3. The summed E-state index contributed by atoms with van der Waals surface area (Å²) in [6.45, 7) is 0. The molecule has 5 N–H and O–H groups in total. The Morgan fingerprint density at radius 3 is 2.24 bits per heavy atom. The Morgan fingerprint density at radius 1 is 1.41 bits per heavy atom. The zero-order valence-electron chi connectivity index (χ0n) is 8.48. The van der Waals surface area contributed by atoms with Gasteiger partial charge in [0, 0.05) is 12.1 Å². The van der Waals surface area contributed by atoms with Gasteiger partial charge < -0.3 is 15.3 Å². The van der Waals surface area contributed by atoms with Crippen molar-refractivity contribution < 1.29 is 25.0 Å². The normalized spacial score (nSPS) is 15.9. The number of aliphatic hydroxyl groups is 2. The maximum absolute atomic E-state index is 10.6. The summed E-state index contributed by atoms with van der Waals surface area (Å²) in [5.74, 6) is -1.80. The van der Waals surface area contributed by atoms with E-state index in [0.717, 1.165) is 24.3 Å². The molecule has 0 saturated heterocycles. The van der Waals surface area contributed by atoms with Gasteiger partial charge in [-0.1, -0.05) is 0 Å². The van der Waals surface area contributed by atoms with E-state index in [-0.39, 0.29) is 11.3 Å². The number of carbonyl (C=O) groups is 1. The van der Waals surface area contributed by atoms with Crippen LogP contribution in [-0.2, 0) is 4.79 Å². The minimum Gasteiger partial charge on any atom is -0.478 e. The van der Waals surface area contributed by atoms with Crippen molar-refractivity contribution >= 4 is 11.7 Å². The Balaban J connectivity index is 3.02. The van der Waals surface area contributed by atoms with E-state index in [1.165, 1.54) is 0 Å². The van der Waals surface area contributed by atoms with Crippen molar-refractivity contribution in [3.05, 3.63) is 39.9 Å². The molecule has 8 heteroatoms. The van der Waals surface area contributed by atoms with Gasteiger partial charge in [0.05, 0.1) is 4.92 Å². The van der Waals surface area contributed by atoms with Crippen LogP contribution in [0.2, 0.25) is 0 Å². The molecular weight excluding hydrogens is 232 g/mol. The molecule has 1 aromatic carbocycles. The number of carboxylic acids is 1. The second-order valence-corrected chi connectivity index (χ2v) is 3.38. The van der Waals surface area contributed by atoms with E-state index in [4.69, 9.17) is 10.8 Å². The van der Waals surface area contributed by atoms with Crippen molar-refractivity contribution in [2.24, 2.45) is 5.73 Å². The zero-order chi connectivity index (χ0) is 13.2. The fourth-order valence-corrected chi connectivity index (χ4v) is 1.15. The first-order valence-corrected chi connectivity index (χ1v) is 4.44. The Labute approximate surface area is 95.1 Å². The molecule has 1 rings (SSSR count). The molecule has 8 nitrogen and oxygen atoms in total. The van der Waals surface area contributed by atoms with Crippen LogP contribution in [0.3, 0.4) is 0 Å². The highest BCUT2D eigenvalue weighted by Crippen LogP contribution is 2.24. The second kappa shape index (κ2) is 4.45. The van der Waals surface area contributed by atoms with E-state index >= 15 is 0 Å². The maximum Gasteiger partial charge on any atom is 0.354 e. The highest BCUT2D eigenvalue weighted by atomic mass is 16.6. The van der Waals surface area contributed by atoms with Crippen LogP contribution in [0.1, 0.15) is 11.7 Å². The number of nitro benzene ring substituents is 1. The molecular formula is C9H10N2O6. The van der Waals surface area contributed by atoms with Crippen LogP contribution in [0.5, 0.6) is 0 Å². The lowest BCUT2D eigenvalue weighted by Crippen LogP contribution is -2.52. The van der Waals surface area contributed by atoms with Crippen molar-refractivity contribution in [2.45, 2.75) is 11.8 Å². The summed E-state index contributed by atoms with van der Waals surface area (Å²) in [6, 6.07) is 4.36. The number of hydrogen-bond donors (Lipinski definition) is 4. The van der Waals surface area contributed by atoms with Gasteiger partial charge in [0.2, 0.25) is 5.72 Å². The van der Waals surface area contributed by atoms with E-state index in [1.807, 2.05) is 0 Å². The van der Waals surface area contributed by atoms with E-state index in [9.17, 15) is 25.1 Å². The van der Waals surface area contributed by atoms with Crippen LogP contribution in [0.25, 0.3) is 0 Å². The number of benzene rings is 1. The van der Waals surface area contributed by atoms with Gasteiger partial charge >= 0.3 is 5.97 Å². The topological polar surface area (TPSA) is 147 Å². The number of carboxylic acid groups (broad SMARTS) is 1. The van der Waals surface area contributed by atoms with Gasteiger partial charge in [-0.15, -0.1) is 0 Å². The summed E-state index contributed by atoms with van der Waals surface area (Å²) in [7, 11) is 0. The third-order valence-corrected chi connectivity index (χ3v) is 2.18. The summed E-state index contributed by atoms with van der Waals surface area (Å²) in [5, 5.41) is 37.7. The van der Waals surface area contributed by atoms with E-state index in [0.29, 0.717) is 0 Å².